The topological polar surface area (TPSA) is 21.3 Å². The molecule has 0 aliphatic carbocycles. The molecule has 4 rings (SSSR count). The van der Waals surface area contributed by atoms with E-state index < -0.39 is 0 Å². The van der Waals surface area contributed by atoms with E-state index in [1.165, 1.54) is 0 Å². The van der Waals surface area contributed by atoms with Crippen LogP contribution in [0.15, 0.2) is 42.5 Å². The van der Waals surface area contributed by atoms with E-state index in [0.717, 1.165) is 39.9 Å². The molecule has 2 heterocycles. The fourth-order valence-electron chi connectivity index (χ4n) is 3.48. The first kappa shape index (κ1) is 13.4. The number of rotatable bonds is 1. The monoisotopic (exact) mass is 319 g/mol. The van der Waals surface area contributed by atoms with E-state index in [1.54, 1.807) is 0 Å². The molecule has 1 N–H and O–H groups in total. The third-order valence-electron chi connectivity index (χ3n) is 4.44. The highest BCUT2D eigenvalue weighted by Crippen LogP contribution is 2.51. The molecule has 3 atom stereocenters. The van der Waals surface area contributed by atoms with Gasteiger partial charge in [0.15, 0.2) is 0 Å². The van der Waals surface area contributed by atoms with Crippen molar-refractivity contribution in [1.82, 2.24) is 0 Å². The third kappa shape index (κ3) is 2.22. The van der Waals surface area contributed by atoms with E-state index in [2.05, 4.69) is 11.4 Å². The molecular weight excluding hydrogens is 305 g/mol. The largest absolute Gasteiger partial charge is 0.377 e. The predicted octanol–water partition coefficient (Wildman–Crippen LogP) is 5.24. The van der Waals surface area contributed by atoms with Crippen molar-refractivity contribution in [2.45, 2.75) is 18.6 Å². The van der Waals surface area contributed by atoms with E-state index in [4.69, 9.17) is 27.9 Å². The highest BCUT2D eigenvalue weighted by atomic mass is 35.5. The maximum absolute atomic E-state index is 6.40. The lowest BCUT2D eigenvalue weighted by Crippen LogP contribution is -2.29. The van der Waals surface area contributed by atoms with Gasteiger partial charge in [-0.1, -0.05) is 41.4 Å². The van der Waals surface area contributed by atoms with Crippen molar-refractivity contribution in [2.24, 2.45) is 5.92 Å². The van der Waals surface area contributed by atoms with Gasteiger partial charge in [0, 0.05) is 33.8 Å². The van der Waals surface area contributed by atoms with Gasteiger partial charge >= 0.3 is 0 Å². The lowest BCUT2D eigenvalue weighted by molar-refractivity contribution is 0.0829. The smallest absolute Gasteiger partial charge is 0.0897 e. The van der Waals surface area contributed by atoms with Gasteiger partial charge in [0.05, 0.1) is 12.1 Å². The average molecular weight is 320 g/mol. The van der Waals surface area contributed by atoms with Gasteiger partial charge in [-0.25, -0.2) is 0 Å². The Balaban J connectivity index is 1.81. The quantitative estimate of drug-likeness (QED) is 0.776. The van der Waals surface area contributed by atoms with Gasteiger partial charge < -0.3 is 10.1 Å². The summed E-state index contributed by atoms with van der Waals surface area (Å²) in [6, 6.07) is 14.2. The average Bonchev–Trinajstić information content (AvgIpc) is 2.97. The van der Waals surface area contributed by atoms with Crippen molar-refractivity contribution < 1.29 is 4.74 Å². The molecule has 0 amide bonds. The lowest BCUT2D eigenvalue weighted by Gasteiger charge is -2.36. The van der Waals surface area contributed by atoms with Gasteiger partial charge in [0.25, 0.3) is 0 Å². The van der Waals surface area contributed by atoms with Crippen LogP contribution >= 0.6 is 23.2 Å². The van der Waals surface area contributed by atoms with Gasteiger partial charge in [0.2, 0.25) is 0 Å². The molecule has 1 saturated heterocycles. The first-order chi connectivity index (χ1) is 10.2. The molecule has 0 unspecified atom stereocenters. The van der Waals surface area contributed by atoms with Crippen LogP contribution in [-0.4, -0.2) is 6.61 Å². The second-order valence-corrected chi connectivity index (χ2v) is 6.46. The summed E-state index contributed by atoms with van der Waals surface area (Å²) in [5.41, 5.74) is 3.39. The molecule has 21 heavy (non-hydrogen) atoms. The zero-order valence-corrected chi connectivity index (χ0v) is 12.9. The van der Waals surface area contributed by atoms with Crippen LogP contribution in [0.5, 0.6) is 0 Å². The highest BCUT2D eigenvalue weighted by molar-refractivity contribution is 6.31. The first-order valence-electron chi connectivity index (χ1n) is 7.16. The van der Waals surface area contributed by atoms with Gasteiger partial charge in [-0.15, -0.1) is 0 Å². The molecule has 0 bridgehead atoms. The van der Waals surface area contributed by atoms with E-state index in [1.807, 2.05) is 36.4 Å². The summed E-state index contributed by atoms with van der Waals surface area (Å²) in [6.07, 6.45) is 1.13. The minimum absolute atomic E-state index is 0.0984. The molecule has 0 aromatic heterocycles. The maximum atomic E-state index is 6.40. The van der Waals surface area contributed by atoms with Crippen LogP contribution < -0.4 is 5.32 Å². The molecule has 0 saturated carbocycles. The summed E-state index contributed by atoms with van der Waals surface area (Å²) in [4.78, 5) is 0. The number of nitrogens with one attached hydrogen (secondary N) is 1. The summed E-state index contributed by atoms with van der Waals surface area (Å²) >= 11 is 12.5. The van der Waals surface area contributed by atoms with Gasteiger partial charge in [-0.05, 0) is 36.2 Å². The van der Waals surface area contributed by atoms with Crippen molar-refractivity contribution in [1.29, 1.82) is 0 Å². The molecule has 4 heteroatoms. The van der Waals surface area contributed by atoms with Crippen molar-refractivity contribution in [3.05, 3.63) is 63.6 Å². The Hall–Kier alpha value is -1.22. The standard InChI is InChI=1S/C17H15Cl2NO/c18-10-5-6-15-13(9-10)17-12(7-8-21-17)16(20-15)11-3-1-2-4-14(11)19/h1-6,9,12,16-17,20H,7-8H2/t12-,16+,17-/m1/s1. The molecule has 2 aromatic rings. The molecule has 2 nitrogen and oxygen atoms in total. The zero-order valence-electron chi connectivity index (χ0n) is 11.4. The van der Waals surface area contributed by atoms with Crippen LogP contribution in [0.2, 0.25) is 10.0 Å². The van der Waals surface area contributed by atoms with Crippen molar-refractivity contribution in [3.63, 3.8) is 0 Å². The van der Waals surface area contributed by atoms with Crippen LogP contribution in [0.4, 0.5) is 5.69 Å². The SMILES string of the molecule is Clc1ccc2c(c1)[C@@H]1OCC[C@@H]1[C@H](c1ccccc1Cl)N2. The van der Waals surface area contributed by atoms with Crippen molar-refractivity contribution in [3.8, 4) is 0 Å². The predicted molar refractivity (Wildman–Crippen MR) is 86.1 cm³/mol. The lowest BCUT2D eigenvalue weighted by atomic mass is 9.81. The number of benzene rings is 2. The maximum Gasteiger partial charge on any atom is 0.0897 e. The Bertz CT molecular complexity index is 688. The number of fused-ring (bicyclic) bond motifs is 3. The Morgan fingerprint density at radius 2 is 1.90 bits per heavy atom. The van der Waals surface area contributed by atoms with Crippen molar-refractivity contribution in [2.75, 3.05) is 11.9 Å². The second-order valence-electron chi connectivity index (χ2n) is 5.62. The molecular formula is C17H15Cl2NO. The summed E-state index contributed by atoms with van der Waals surface area (Å²) < 4.78 is 5.99. The van der Waals surface area contributed by atoms with Gasteiger partial charge in [-0.3, -0.25) is 0 Å². The number of anilines is 1. The number of ether oxygens (including phenoxy) is 1. The summed E-state index contributed by atoms with van der Waals surface area (Å²) in [5.74, 6) is 0.385. The molecule has 108 valence electrons. The molecule has 1 fully saturated rings. The third-order valence-corrected chi connectivity index (χ3v) is 5.02. The van der Waals surface area contributed by atoms with Crippen LogP contribution in [0.3, 0.4) is 0 Å². The number of halogens is 2. The van der Waals surface area contributed by atoms with E-state index in [-0.39, 0.29) is 12.1 Å². The second kappa shape index (κ2) is 5.20. The Labute approximate surface area is 134 Å². The summed E-state index contributed by atoms with van der Waals surface area (Å²) in [6.45, 7) is 0.782. The minimum Gasteiger partial charge on any atom is -0.377 e. The molecule has 2 aliphatic heterocycles. The molecule has 0 radical (unpaired) electrons. The number of hydrogen-bond donors (Lipinski definition) is 1. The van der Waals surface area contributed by atoms with Gasteiger partial charge in [0.1, 0.15) is 0 Å². The Morgan fingerprint density at radius 1 is 1.05 bits per heavy atom. The van der Waals surface area contributed by atoms with Crippen molar-refractivity contribution >= 4 is 28.9 Å². The molecule has 2 aromatic carbocycles. The number of hydrogen-bond acceptors (Lipinski definition) is 2. The van der Waals surface area contributed by atoms with E-state index >= 15 is 0 Å². The fourth-order valence-corrected chi connectivity index (χ4v) is 3.91. The van der Waals surface area contributed by atoms with Crippen LogP contribution in [-0.2, 0) is 4.74 Å². The Morgan fingerprint density at radius 3 is 2.76 bits per heavy atom. The summed E-state index contributed by atoms with van der Waals surface area (Å²) in [7, 11) is 0. The van der Waals surface area contributed by atoms with Gasteiger partial charge in [-0.2, -0.15) is 0 Å². The summed E-state index contributed by atoms with van der Waals surface area (Å²) in [5, 5.41) is 5.18. The van der Waals surface area contributed by atoms with Crippen LogP contribution in [0, 0.1) is 5.92 Å². The van der Waals surface area contributed by atoms with Crippen LogP contribution in [0.25, 0.3) is 0 Å². The molecule has 0 spiro atoms. The zero-order chi connectivity index (χ0) is 14.4. The van der Waals surface area contributed by atoms with E-state index in [9.17, 15) is 0 Å². The fraction of sp³-hybridized carbons (Fsp3) is 0.294. The minimum atomic E-state index is 0.0984. The normalized spacial score (nSPS) is 26.9. The van der Waals surface area contributed by atoms with E-state index in [0.29, 0.717) is 5.92 Å². The van der Waals surface area contributed by atoms with Crippen LogP contribution in [0.1, 0.15) is 29.7 Å². The Kier molecular flexibility index (Phi) is 3.33. The molecule has 2 aliphatic rings. The highest BCUT2D eigenvalue weighted by Gasteiger charge is 2.41. The first-order valence-corrected chi connectivity index (χ1v) is 7.91.